The van der Waals surface area contributed by atoms with Crippen LogP contribution in [-0.4, -0.2) is 36.2 Å². The summed E-state index contributed by atoms with van der Waals surface area (Å²) in [5.41, 5.74) is 3.67. The Morgan fingerprint density at radius 3 is 2.83 bits per heavy atom. The fourth-order valence-electron chi connectivity index (χ4n) is 3.45. The summed E-state index contributed by atoms with van der Waals surface area (Å²) >= 11 is 0. The molecule has 1 N–H and O–H groups in total. The smallest absolute Gasteiger partial charge is 0.410 e. The average Bonchev–Trinajstić information content (AvgIpc) is 2.53. The van der Waals surface area contributed by atoms with Crippen molar-refractivity contribution >= 4 is 6.09 Å². The van der Waals surface area contributed by atoms with Crippen molar-refractivity contribution < 1.29 is 9.53 Å². The molecule has 1 unspecified atom stereocenters. The molecule has 0 spiro atoms. The maximum Gasteiger partial charge on any atom is 0.410 e. The summed E-state index contributed by atoms with van der Waals surface area (Å²) in [5, 5.41) is 3.49. The zero-order chi connectivity index (χ0) is 16.4. The monoisotopic (exact) mass is 316 g/mol. The van der Waals surface area contributed by atoms with E-state index in [1.54, 1.807) is 0 Å². The zero-order valence-corrected chi connectivity index (χ0v) is 14.5. The number of carbonyl (C=O) groups is 1. The van der Waals surface area contributed by atoms with Crippen molar-refractivity contribution in [1.82, 2.24) is 10.2 Å². The fraction of sp³-hybridized carbons (Fsp3) is 0.632. The predicted molar refractivity (Wildman–Crippen MR) is 91.6 cm³/mol. The Balaban J connectivity index is 1.69. The highest BCUT2D eigenvalue weighted by molar-refractivity contribution is 5.68. The molecule has 0 aromatic heterocycles. The van der Waals surface area contributed by atoms with E-state index in [-0.39, 0.29) is 6.09 Å². The van der Waals surface area contributed by atoms with E-state index in [9.17, 15) is 4.79 Å². The molecular weight excluding hydrogens is 288 g/mol. The van der Waals surface area contributed by atoms with Crippen molar-refractivity contribution in [3.05, 3.63) is 34.9 Å². The number of amides is 1. The highest BCUT2D eigenvalue weighted by Gasteiger charge is 2.26. The van der Waals surface area contributed by atoms with E-state index in [2.05, 4.69) is 23.5 Å². The molecule has 2 aliphatic heterocycles. The normalized spacial score (nSPS) is 21.7. The van der Waals surface area contributed by atoms with Crippen molar-refractivity contribution in [2.45, 2.75) is 58.1 Å². The summed E-state index contributed by atoms with van der Waals surface area (Å²) in [4.78, 5) is 14.0. The quantitative estimate of drug-likeness (QED) is 0.863. The second-order valence-corrected chi connectivity index (χ2v) is 7.72. The van der Waals surface area contributed by atoms with Crippen LogP contribution in [0, 0.1) is 0 Å². The molecule has 1 atom stereocenters. The third-order valence-electron chi connectivity index (χ3n) is 4.66. The molecule has 0 saturated carbocycles. The standard InChI is InChI=1S/C19H28N2O2/c1-19(2,3)23-18(22)21-10-8-15-11-14(6-7-17(15)13-21)16-5-4-9-20-12-16/h6-7,11,16,20H,4-5,8-10,12-13H2,1-3H3. The van der Waals surface area contributed by atoms with Gasteiger partial charge in [-0.2, -0.15) is 0 Å². The molecule has 23 heavy (non-hydrogen) atoms. The summed E-state index contributed by atoms with van der Waals surface area (Å²) in [6.07, 6.45) is 3.25. The second-order valence-electron chi connectivity index (χ2n) is 7.72. The van der Waals surface area contributed by atoms with Gasteiger partial charge in [-0.1, -0.05) is 18.2 Å². The second kappa shape index (κ2) is 6.52. The molecule has 1 saturated heterocycles. The molecule has 4 nitrogen and oxygen atoms in total. The van der Waals surface area contributed by atoms with Crippen LogP contribution in [0.1, 0.15) is 56.2 Å². The Labute approximate surface area is 139 Å². The average molecular weight is 316 g/mol. The Morgan fingerprint density at radius 1 is 1.30 bits per heavy atom. The molecule has 1 aromatic carbocycles. The summed E-state index contributed by atoms with van der Waals surface area (Å²) in [6.45, 7) is 9.37. The molecular formula is C19H28N2O2. The topological polar surface area (TPSA) is 41.6 Å². The Morgan fingerprint density at radius 2 is 2.13 bits per heavy atom. The van der Waals surface area contributed by atoms with Gasteiger partial charge in [0.15, 0.2) is 0 Å². The van der Waals surface area contributed by atoms with Crippen molar-refractivity contribution in [2.24, 2.45) is 0 Å². The third-order valence-corrected chi connectivity index (χ3v) is 4.66. The minimum absolute atomic E-state index is 0.205. The lowest BCUT2D eigenvalue weighted by Gasteiger charge is -2.32. The van der Waals surface area contributed by atoms with Gasteiger partial charge in [0.1, 0.15) is 5.60 Å². The zero-order valence-electron chi connectivity index (χ0n) is 14.5. The first-order valence-corrected chi connectivity index (χ1v) is 8.73. The van der Waals surface area contributed by atoms with Gasteiger partial charge in [0.25, 0.3) is 0 Å². The van der Waals surface area contributed by atoms with Crippen LogP contribution >= 0.6 is 0 Å². The Hall–Kier alpha value is -1.55. The van der Waals surface area contributed by atoms with Crippen LogP contribution in [0.4, 0.5) is 4.79 Å². The van der Waals surface area contributed by atoms with Gasteiger partial charge in [-0.15, -0.1) is 0 Å². The van der Waals surface area contributed by atoms with Gasteiger partial charge in [0, 0.05) is 19.6 Å². The maximum absolute atomic E-state index is 12.2. The first-order valence-electron chi connectivity index (χ1n) is 8.73. The van der Waals surface area contributed by atoms with Crippen LogP contribution in [0.15, 0.2) is 18.2 Å². The number of nitrogens with one attached hydrogen (secondary N) is 1. The van der Waals surface area contributed by atoms with E-state index in [4.69, 9.17) is 4.74 Å². The Bertz CT molecular complexity index is 571. The Kier molecular flexibility index (Phi) is 4.62. The summed E-state index contributed by atoms with van der Waals surface area (Å²) in [5.74, 6) is 0.637. The van der Waals surface area contributed by atoms with Crippen LogP contribution in [0.25, 0.3) is 0 Å². The SMILES string of the molecule is CC(C)(C)OC(=O)N1CCc2cc(C3CCCNC3)ccc2C1. The molecule has 2 heterocycles. The van der Waals surface area contributed by atoms with E-state index in [0.29, 0.717) is 12.5 Å². The fourth-order valence-corrected chi connectivity index (χ4v) is 3.45. The van der Waals surface area contributed by atoms with Gasteiger partial charge in [0.2, 0.25) is 0 Å². The van der Waals surface area contributed by atoms with Gasteiger partial charge >= 0.3 is 6.09 Å². The van der Waals surface area contributed by atoms with Crippen LogP contribution in [0.2, 0.25) is 0 Å². The van der Waals surface area contributed by atoms with Crippen LogP contribution in [0.3, 0.4) is 0 Å². The van der Waals surface area contributed by atoms with Gasteiger partial charge in [-0.25, -0.2) is 4.79 Å². The molecule has 4 heteroatoms. The molecule has 0 aliphatic carbocycles. The number of hydrogen-bond donors (Lipinski definition) is 1. The predicted octanol–water partition coefficient (Wildman–Crippen LogP) is 3.45. The van der Waals surface area contributed by atoms with Gasteiger partial charge in [-0.3, -0.25) is 0 Å². The first kappa shape index (κ1) is 16.3. The van der Waals surface area contributed by atoms with Gasteiger partial charge in [-0.05, 0) is 69.2 Å². The highest BCUT2D eigenvalue weighted by Crippen LogP contribution is 2.28. The lowest BCUT2D eigenvalue weighted by Crippen LogP contribution is -2.40. The van der Waals surface area contributed by atoms with Gasteiger partial charge in [0.05, 0.1) is 0 Å². The number of benzene rings is 1. The molecule has 0 bridgehead atoms. The molecule has 1 amide bonds. The third kappa shape index (κ3) is 4.05. The van der Waals surface area contributed by atoms with E-state index in [0.717, 1.165) is 26.1 Å². The van der Waals surface area contributed by atoms with Crippen LogP contribution in [-0.2, 0) is 17.7 Å². The van der Waals surface area contributed by atoms with Crippen molar-refractivity contribution in [3.8, 4) is 0 Å². The maximum atomic E-state index is 12.2. The molecule has 3 rings (SSSR count). The minimum Gasteiger partial charge on any atom is -0.444 e. The number of nitrogens with zero attached hydrogens (tertiary/aromatic N) is 1. The number of carbonyl (C=O) groups excluding carboxylic acids is 1. The lowest BCUT2D eigenvalue weighted by molar-refractivity contribution is 0.0224. The summed E-state index contributed by atoms with van der Waals surface area (Å²) < 4.78 is 5.49. The molecule has 2 aliphatic rings. The molecule has 1 aromatic rings. The minimum atomic E-state index is -0.435. The van der Waals surface area contributed by atoms with E-state index < -0.39 is 5.60 Å². The number of ether oxygens (including phenoxy) is 1. The number of hydrogen-bond acceptors (Lipinski definition) is 3. The largest absolute Gasteiger partial charge is 0.444 e. The summed E-state index contributed by atoms with van der Waals surface area (Å²) in [6, 6.07) is 6.81. The van der Waals surface area contributed by atoms with Crippen LogP contribution in [0.5, 0.6) is 0 Å². The number of rotatable bonds is 1. The van der Waals surface area contributed by atoms with E-state index in [1.165, 1.54) is 29.5 Å². The lowest BCUT2D eigenvalue weighted by atomic mass is 9.88. The van der Waals surface area contributed by atoms with Crippen LogP contribution < -0.4 is 5.32 Å². The van der Waals surface area contributed by atoms with E-state index in [1.807, 2.05) is 25.7 Å². The van der Waals surface area contributed by atoms with Gasteiger partial charge < -0.3 is 15.0 Å². The summed E-state index contributed by atoms with van der Waals surface area (Å²) in [7, 11) is 0. The highest BCUT2D eigenvalue weighted by atomic mass is 16.6. The van der Waals surface area contributed by atoms with Crippen molar-refractivity contribution in [2.75, 3.05) is 19.6 Å². The van der Waals surface area contributed by atoms with Crippen molar-refractivity contribution in [3.63, 3.8) is 0 Å². The first-order chi connectivity index (χ1) is 10.9. The molecule has 1 fully saturated rings. The van der Waals surface area contributed by atoms with E-state index >= 15 is 0 Å². The molecule has 0 radical (unpaired) electrons. The van der Waals surface area contributed by atoms with Crippen molar-refractivity contribution in [1.29, 1.82) is 0 Å². The number of piperidine rings is 1. The number of fused-ring (bicyclic) bond motifs is 1. The molecule has 126 valence electrons.